The minimum absolute atomic E-state index is 0.203. The topological polar surface area (TPSA) is 26.3 Å². The van der Waals surface area contributed by atoms with Crippen molar-refractivity contribution in [2.24, 2.45) is 17.3 Å². The second kappa shape index (κ2) is 4.42. The molecule has 4 aliphatic carbocycles. The van der Waals surface area contributed by atoms with Gasteiger partial charge in [-0.15, -0.1) is 11.6 Å². The van der Waals surface area contributed by atoms with E-state index >= 15 is 0 Å². The molecule has 0 radical (unpaired) electrons. The molecule has 0 saturated heterocycles. The Kier molecular flexibility index (Phi) is 3.32. The van der Waals surface area contributed by atoms with Gasteiger partial charge in [-0.2, -0.15) is 0 Å². The summed E-state index contributed by atoms with van der Waals surface area (Å²) in [5, 5.41) is 0. The molecule has 0 aromatic carbocycles. The van der Waals surface area contributed by atoms with Crippen LogP contribution >= 0.6 is 34.8 Å². The molecular weight excluding hydrogens is 307 g/mol. The maximum Gasteiger partial charge on any atom is 0.343 e. The molecule has 2 unspecified atom stereocenters. The summed E-state index contributed by atoms with van der Waals surface area (Å²) in [4.78, 5) is 12.0. The van der Waals surface area contributed by atoms with E-state index in [4.69, 9.17) is 39.5 Å². The van der Waals surface area contributed by atoms with Crippen molar-refractivity contribution < 1.29 is 9.53 Å². The van der Waals surface area contributed by atoms with Crippen LogP contribution < -0.4 is 0 Å². The lowest BCUT2D eigenvalue weighted by Gasteiger charge is -2.62. The number of ether oxygens (including phenoxy) is 1. The largest absolute Gasteiger partial charge is 0.464 e. The van der Waals surface area contributed by atoms with E-state index in [9.17, 15) is 4.79 Å². The van der Waals surface area contributed by atoms with Gasteiger partial charge in [0.25, 0.3) is 0 Å². The summed E-state index contributed by atoms with van der Waals surface area (Å²) < 4.78 is 3.63. The Bertz CT molecular complexity index is 393. The first kappa shape index (κ1) is 14.3. The highest BCUT2D eigenvalue weighted by Crippen LogP contribution is 2.69. The Balaban J connectivity index is 1.93. The minimum Gasteiger partial charge on any atom is -0.464 e. The van der Waals surface area contributed by atoms with Crippen LogP contribution in [0.15, 0.2) is 0 Å². The third kappa shape index (κ3) is 2.10. The summed E-state index contributed by atoms with van der Waals surface area (Å²) in [6, 6.07) is 0. The number of alkyl halides is 3. The summed E-state index contributed by atoms with van der Waals surface area (Å²) in [5.74, 6) is 0.621. The lowest BCUT2D eigenvalue weighted by molar-refractivity contribution is -0.152. The number of carbonyl (C=O) groups excluding carboxylic acids is 1. The van der Waals surface area contributed by atoms with Crippen molar-refractivity contribution in [3.8, 4) is 0 Å². The van der Waals surface area contributed by atoms with Crippen molar-refractivity contribution in [2.45, 2.75) is 54.7 Å². The number of rotatable bonds is 3. The third-order valence-electron chi connectivity index (χ3n) is 5.19. The van der Waals surface area contributed by atoms with Crippen molar-refractivity contribution in [2.75, 3.05) is 6.61 Å². The first-order chi connectivity index (χ1) is 8.80. The molecule has 4 fully saturated rings. The predicted molar refractivity (Wildman–Crippen MR) is 76.8 cm³/mol. The van der Waals surface area contributed by atoms with E-state index in [1.807, 2.05) is 0 Å². The molecule has 0 amide bonds. The number of halogens is 3. The fraction of sp³-hybridized carbons (Fsp3) is 0.929. The van der Waals surface area contributed by atoms with Gasteiger partial charge < -0.3 is 4.74 Å². The molecule has 0 aliphatic heterocycles. The lowest BCUT2D eigenvalue weighted by Crippen LogP contribution is -2.61. The molecule has 2 atom stereocenters. The summed E-state index contributed by atoms with van der Waals surface area (Å²) in [6.07, 6.45) is 5.84. The molecule has 0 heterocycles. The van der Waals surface area contributed by atoms with Crippen LogP contribution in [0.5, 0.6) is 0 Å². The van der Waals surface area contributed by atoms with Crippen LogP contribution in [-0.4, -0.2) is 21.8 Å². The zero-order valence-electron chi connectivity index (χ0n) is 11.1. The smallest absolute Gasteiger partial charge is 0.343 e. The van der Waals surface area contributed by atoms with Crippen molar-refractivity contribution in [1.29, 1.82) is 0 Å². The summed E-state index contributed by atoms with van der Waals surface area (Å²) >= 11 is 19.7. The Morgan fingerprint density at radius 2 is 1.84 bits per heavy atom. The zero-order valence-corrected chi connectivity index (χ0v) is 13.3. The van der Waals surface area contributed by atoms with E-state index in [0.29, 0.717) is 18.4 Å². The molecular formula is C14H19Cl3O2. The molecule has 2 nitrogen and oxygen atoms in total. The van der Waals surface area contributed by atoms with Gasteiger partial charge in [-0.25, -0.2) is 4.79 Å². The molecule has 4 rings (SSSR count). The van der Waals surface area contributed by atoms with E-state index < -0.39 is 15.7 Å². The molecule has 19 heavy (non-hydrogen) atoms. The summed E-state index contributed by atoms with van der Waals surface area (Å²) in [7, 11) is 0. The quantitative estimate of drug-likeness (QED) is 0.571. The minimum atomic E-state index is -1.46. The fourth-order valence-corrected chi connectivity index (χ4v) is 6.20. The highest BCUT2D eigenvalue weighted by molar-refractivity contribution is 6.58. The standard InChI is InChI=1S/C14H19Cl3O2/c1-2-19-11(18)14(16,17)12-4-9-3-10(5-12)7-13(15,6-9)8-12/h9-10H,2-8H2,1H3. The maximum atomic E-state index is 12.2. The van der Waals surface area contributed by atoms with Gasteiger partial charge in [0.1, 0.15) is 0 Å². The van der Waals surface area contributed by atoms with Crippen molar-refractivity contribution >= 4 is 40.8 Å². The van der Waals surface area contributed by atoms with Crippen LogP contribution in [0, 0.1) is 17.3 Å². The highest BCUT2D eigenvalue weighted by atomic mass is 35.5. The molecule has 0 N–H and O–H groups in total. The van der Waals surface area contributed by atoms with Crippen LogP contribution in [0.2, 0.25) is 0 Å². The molecule has 0 aromatic heterocycles. The zero-order chi connectivity index (χ0) is 13.9. The molecule has 108 valence electrons. The Hall–Kier alpha value is 0.340. The van der Waals surface area contributed by atoms with Crippen molar-refractivity contribution in [3.05, 3.63) is 0 Å². The van der Waals surface area contributed by atoms with Gasteiger partial charge in [0.05, 0.1) is 6.61 Å². The number of hydrogen-bond donors (Lipinski definition) is 0. The molecule has 0 aromatic rings. The Morgan fingerprint density at radius 1 is 1.26 bits per heavy atom. The van der Waals surface area contributed by atoms with Gasteiger partial charge in [-0.1, -0.05) is 23.2 Å². The van der Waals surface area contributed by atoms with Gasteiger partial charge in [0.2, 0.25) is 4.33 Å². The SMILES string of the molecule is CCOC(=O)C(Cl)(Cl)C12CC3CC(CC(Cl)(C3)C1)C2. The van der Waals surface area contributed by atoms with Crippen LogP contribution in [0.25, 0.3) is 0 Å². The predicted octanol–water partition coefficient (Wildman–Crippen LogP) is 4.30. The average molecular weight is 326 g/mol. The monoisotopic (exact) mass is 324 g/mol. The first-order valence-corrected chi connectivity index (χ1v) is 8.18. The normalized spacial score (nSPS) is 44.4. The summed E-state index contributed by atoms with van der Waals surface area (Å²) in [6.45, 7) is 2.07. The lowest BCUT2D eigenvalue weighted by atomic mass is 9.48. The van der Waals surface area contributed by atoms with Gasteiger partial charge in [0.15, 0.2) is 0 Å². The highest BCUT2D eigenvalue weighted by Gasteiger charge is 2.66. The van der Waals surface area contributed by atoms with E-state index in [1.54, 1.807) is 6.92 Å². The number of carbonyl (C=O) groups is 1. The van der Waals surface area contributed by atoms with Crippen LogP contribution in [-0.2, 0) is 9.53 Å². The van der Waals surface area contributed by atoms with Gasteiger partial charge >= 0.3 is 5.97 Å². The molecule has 4 aliphatic rings. The van der Waals surface area contributed by atoms with Gasteiger partial charge in [0, 0.05) is 10.3 Å². The van der Waals surface area contributed by atoms with E-state index in [2.05, 4.69) is 0 Å². The summed E-state index contributed by atoms with van der Waals surface area (Å²) in [5.41, 5.74) is -0.395. The van der Waals surface area contributed by atoms with Crippen molar-refractivity contribution in [3.63, 3.8) is 0 Å². The fourth-order valence-electron chi connectivity index (χ4n) is 4.96. The maximum absolute atomic E-state index is 12.2. The number of esters is 1. The third-order valence-corrected chi connectivity index (χ3v) is 6.74. The van der Waals surface area contributed by atoms with Gasteiger partial charge in [-0.05, 0) is 57.3 Å². The van der Waals surface area contributed by atoms with E-state index in [1.165, 1.54) is 6.42 Å². The van der Waals surface area contributed by atoms with Gasteiger partial charge in [-0.3, -0.25) is 0 Å². The molecule has 4 bridgehead atoms. The van der Waals surface area contributed by atoms with E-state index in [-0.39, 0.29) is 4.87 Å². The van der Waals surface area contributed by atoms with E-state index in [0.717, 1.165) is 32.1 Å². The van der Waals surface area contributed by atoms with Crippen LogP contribution in [0.4, 0.5) is 0 Å². The first-order valence-electron chi connectivity index (χ1n) is 7.04. The van der Waals surface area contributed by atoms with Crippen LogP contribution in [0.3, 0.4) is 0 Å². The van der Waals surface area contributed by atoms with Crippen molar-refractivity contribution in [1.82, 2.24) is 0 Å². The molecule has 0 spiro atoms. The Labute approximate surface area is 129 Å². The van der Waals surface area contributed by atoms with Crippen LogP contribution in [0.1, 0.15) is 45.4 Å². The average Bonchev–Trinajstić information content (AvgIpc) is 2.25. The Morgan fingerprint density at radius 3 is 2.32 bits per heavy atom. The second-order valence-corrected chi connectivity index (χ2v) is 8.82. The number of hydrogen-bond acceptors (Lipinski definition) is 2. The second-order valence-electron chi connectivity index (χ2n) is 6.69. The molecule has 5 heteroatoms. The molecule has 4 saturated carbocycles.